The van der Waals surface area contributed by atoms with Gasteiger partial charge in [-0.25, -0.2) is 14.3 Å². The molecule has 0 amide bonds. The summed E-state index contributed by atoms with van der Waals surface area (Å²) < 4.78 is 11.7. The summed E-state index contributed by atoms with van der Waals surface area (Å²) in [5.41, 5.74) is 6.26. The molecule has 0 fully saturated rings. The standard InChI is InChI=1S/C16H11N3O5/c17-16-18-11-3-1-8(15(21)22)5-10(11)14(20)19(16)9-2-4-12-13(6-9)24-7-23-12/h1-6H,7H2,(H2,17,18)(H,21,22). The van der Waals surface area contributed by atoms with Gasteiger partial charge in [0.25, 0.3) is 5.56 Å². The number of anilines is 1. The van der Waals surface area contributed by atoms with Crippen LogP contribution in [0.1, 0.15) is 10.4 Å². The Balaban J connectivity index is 1.98. The van der Waals surface area contributed by atoms with Crippen LogP contribution in [0.25, 0.3) is 16.6 Å². The average molecular weight is 325 g/mol. The van der Waals surface area contributed by atoms with Gasteiger partial charge in [0.15, 0.2) is 11.5 Å². The van der Waals surface area contributed by atoms with Gasteiger partial charge in [-0.15, -0.1) is 0 Å². The highest BCUT2D eigenvalue weighted by Crippen LogP contribution is 2.33. The number of carbonyl (C=O) groups is 1. The van der Waals surface area contributed by atoms with E-state index in [4.69, 9.17) is 20.3 Å². The maximum Gasteiger partial charge on any atom is 0.335 e. The fourth-order valence-corrected chi connectivity index (χ4v) is 2.61. The predicted molar refractivity (Wildman–Crippen MR) is 84.8 cm³/mol. The van der Waals surface area contributed by atoms with Gasteiger partial charge in [0, 0.05) is 6.07 Å². The highest BCUT2D eigenvalue weighted by atomic mass is 16.7. The smallest absolute Gasteiger partial charge is 0.335 e. The summed E-state index contributed by atoms with van der Waals surface area (Å²) >= 11 is 0. The zero-order valence-corrected chi connectivity index (χ0v) is 12.2. The molecule has 0 radical (unpaired) electrons. The summed E-state index contributed by atoms with van der Waals surface area (Å²) in [5.74, 6) is -0.0531. The second-order valence-electron chi connectivity index (χ2n) is 5.19. The topological polar surface area (TPSA) is 117 Å². The van der Waals surface area contributed by atoms with Gasteiger partial charge in [-0.05, 0) is 30.3 Å². The number of aromatic carboxylic acids is 1. The molecule has 8 nitrogen and oxygen atoms in total. The molecule has 2 heterocycles. The summed E-state index contributed by atoms with van der Waals surface area (Å²) in [7, 11) is 0. The van der Waals surface area contributed by atoms with Crippen LogP contribution in [-0.2, 0) is 0 Å². The first-order chi connectivity index (χ1) is 11.5. The van der Waals surface area contributed by atoms with Gasteiger partial charge < -0.3 is 20.3 Å². The van der Waals surface area contributed by atoms with E-state index in [0.717, 1.165) is 0 Å². The number of aromatic nitrogens is 2. The lowest BCUT2D eigenvalue weighted by molar-refractivity contribution is 0.0697. The molecule has 1 aliphatic rings. The average Bonchev–Trinajstić information content (AvgIpc) is 3.02. The van der Waals surface area contributed by atoms with Crippen molar-refractivity contribution in [1.82, 2.24) is 9.55 Å². The van der Waals surface area contributed by atoms with E-state index in [9.17, 15) is 9.59 Å². The molecule has 2 aromatic carbocycles. The molecule has 0 spiro atoms. The third-order valence-corrected chi connectivity index (χ3v) is 3.76. The second-order valence-corrected chi connectivity index (χ2v) is 5.19. The van der Waals surface area contributed by atoms with Crippen molar-refractivity contribution in [3.8, 4) is 17.2 Å². The molecule has 3 aromatic rings. The van der Waals surface area contributed by atoms with Crippen LogP contribution in [0.3, 0.4) is 0 Å². The minimum atomic E-state index is -1.12. The van der Waals surface area contributed by atoms with E-state index in [1.165, 1.54) is 22.8 Å². The monoisotopic (exact) mass is 325 g/mol. The zero-order valence-electron chi connectivity index (χ0n) is 12.2. The molecule has 4 rings (SSSR count). The van der Waals surface area contributed by atoms with Crippen molar-refractivity contribution in [2.45, 2.75) is 0 Å². The Labute approximate surface area is 134 Å². The number of hydrogen-bond donors (Lipinski definition) is 2. The summed E-state index contributed by atoms with van der Waals surface area (Å²) in [4.78, 5) is 28.1. The predicted octanol–water partition coefficient (Wildman–Crippen LogP) is 1.39. The van der Waals surface area contributed by atoms with Crippen molar-refractivity contribution in [2.75, 3.05) is 12.5 Å². The van der Waals surface area contributed by atoms with Gasteiger partial charge in [-0.2, -0.15) is 0 Å². The van der Waals surface area contributed by atoms with Crippen molar-refractivity contribution < 1.29 is 19.4 Å². The largest absolute Gasteiger partial charge is 0.478 e. The minimum absolute atomic E-state index is 0.00316. The van der Waals surface area contributed by atoms with Crippen LogP contribution in [0.5, 0.6) is 11.5 Å². The molecule has 24 heavy (non-hydrogen) atoms. The fraction of sp³-hybridized carbons (Fsp3) is 0.0625. The molecule has 1 aliphatic heterocycles. The number of nitrogens with zero attached hydrogens (tertiary/aromatic N) is 2. The van der Waals surface area contributed by atoms with Crippen LogP contribution >= 0.6 is 0 Å². The highest BCUT2D eigenvalue weighted by molar-refractivity contribution is 5.93. The molecule has 120 valence electrons. The Hall–Kier alpha value is -3.55. The first-order valence-corrected chi connectivity index (χ1v) is 7.00. The van der Waals surface area contributed by atoms with Crippen LogP contribution < -0.4 is 20.8 Å². The van der Waals surface area contributed by atoms with Gasteiger partial charge in [0.2, 0.25) is 12.7 Å². The maximum absolute atomic E-state index is 12.8. The number of carboxylic acid groups (broad SMARTS) is 1. The molecule has 8 heteroatoms. The molecular formula is C16H11N3O5. The highest BCUT2D eigenvalue weighted by Gasteiger charge is 2.17. The third-order valence-electron chi connectivity index (χ3n) is 3.76. The normalized spacial score (nSPS) is 12.5. The number of hydrogen-bond acceptors (Lipinski definition) is 6. The molecule has 0 saturated heterocycles. The van der Waals surface area contributed by atoms with Crippen molar-refractivity contribution >= 4 is 22.8 Å². The van der Waals surface area contributed by atoms with E-state index in [1.807, 2.05) is 0 Å². The van der Waals surface area contributed by atoms with Gasteiger partial charge in [0.1, 0.15) is 0 Å². The lowest BCUT2D eigenvalue weighted by Gasteiger charge is -2.11. The van der Waals surface area contributed by atoms with E-state index in [-0.39, 0.29) is 23.7 Å². The van der Waals surface area contributed by atoms with E-state index in [1.54, 1.807) is 18.2 Å². The van der Waals surface area contributed by atoms with E-state index in [2.05, 4.69) is 4.98 Å². The first kappa shape index (κ1) is 14.1. The van der Waals surface area contributed by atoms with E-state index < -0.39 is 11.5 Å². The van der Waals surface area contributed by atoms with E-state index >= 15 is 0 Å². The molecule has 3 N–H and O–H groups in total. The Morgan fingerprint density at radius 2 is 1.96 bits per heavy atom. The zero-order chi connectivity index (χ0) is 16.8. The van der Waals surface area contributed by atoms with Gasteiger partial charge in [0.05, 0.1) is 22.2 Å². The van der Waals surface area contributed by atoms with E-state index in [0.29, 0.717) is 22.7 Å². The van der Waals surface area contributed by atoms with Crippen LogP contribution in [0.2, 0.25) is 0 Å². The summed E-state index contributed by atoms with van der Waals surface area (Å²) in [6.07, 6.45) is 0. The Bertz CT molecular complexity index is 1060. The van der Waals surface area contributed by atoms with Gasteiger partial charge in [-0.3, -0.25) is 4.79 Å². The Morgan fingerprint density at radius 1 is 1.17 bits per heavy atom. The van der Waals surface area contributed by atoms with Crippen molar-refractivity contribution in [3.63, 3.8) is 0 Å². The maximum atomic E-state index is 12.8. The number of carboxylic acids is 1. The first-order valence-electron chi connectivity index (χ1n) is 7.00. The Kier molecular flexibility index (Phi) is 2.92. The summed E-state index contributed by atoms with van der Waals surface area (Å²) in [6.45, 7) is 0.112. The molecule has 0 saturated carbocycles. The SMILES string of the molecule is Nc1nc2ccc(C(=O)O)cc2c(=O)n1-c1ccc2c(c1)OCO2. The molecule has 0 unspecified atom stereocenters. The molecular weight excluding hydrogens is 314 g/mol. The minimum Gasteiger partial charge on any atom is -0.478 e. The lowest BCUT2D eigenvalue weighted by atomic mass is 10.1. The molecule has 1 aromatic heterocycles. The van der Waals surface area contributed by atoms with Crippen molar-refractivity contribution in [3.05, 3.63) is 52.3 Å². The van der Waals surface area contributed by atoms with Crippen molar-refractivity contribution in [1.29, 1.82) is 0 Å². The number of nitrogen functional groups attached to an aromatic ring is 1. The summed E-state index contributed by atoms with van der Waals surface area (Å²) in [6, 6.07) is 9.06. The van der Waals surface area contributed by atoms with Crippen LogP contribution in [0.4, 0.5) is 5.95 Å². The number of ether oxygens (including phenoxy) is 2. The van der Waals surface area contributed by atoms with Crippen LogP contribution in [0.15, 0.2) is 41.2 Å². The summed E-state index contributed by atoms with van der Waals surface area (Å²) in [5, 5.41) is 9.27. The van der Waals surface area contributed by atoms with Gasteiger partial charge >= 0.3 is 5.97 Å². The number of nitrogens with two attached hydrogens (primary N) is 1. The van der Waals surface area contributed by atoms with Crippen molar-refractivity contribution in [2.24, 2.45) is 0 Å². The molecule has 0 atom stereocenters. The van der Waals surface area contributed by atoms with Crippen LogP contribution in [0, 0.1) is 0 Å². The molecule has 0 bridgehead atoms. The number of rotatable bonds is 2. The number of fused-ring (bicyclic) bond motifs is 2. The third kappa shape index (κ3) is 2.04. The fourth-order valence-electron chi connectivity index (χ4n) is 2.61. The van der Waals surface area contributed by atoms with Gasteiger partial charge in [-0.1, -0.05) is 0 Å². The quantitative estimate of drug-likeness (QED) is 0.731. The lowest BCUT2D eigenvalue weighted by Crippen LogP contribution is -2.23. The second kappa shape index (κ2) is 4.98. The molecule has 0 aliphatic carbocycles. The number of benzene rings is 2. The van der Waals surface area contributed by atoms with Crippen LogP contribution in [-0.4, -0.2) is 27.4 Å². The Morgan fingerprint density at radius 3 is 2.75 bits per heavy atom.